The van der Waals surface area contributed by atoms with E-state index in [1.54, 1.807) is 0 Å². The van der Waals surface area contributed by atoms with Crippen LogP contribution in [0.4, 0.5) is 0 Å². The van der Waals surface area contributed by atoms with E-state index in [4.69, 9.17) is 11.5 Å². The maximum Gasteiger partial charge on any atom is 0.307 e. The van der Waals surface area contributed by atoms with Crippen LogP contribution in [0.2, 0.25) is 0 Å². The Morgan fingerprint density at radius 1 is 1.58 bits per heavy atom. The molecule has 0 fully saturated rings. The summed E-state index contributed by atoms with van der Waals surface area (Å²) in [5, 5.41) is 8.71. The van der Waals surface area contributed by atoms with Gasteiger partial charge in [-0.15, -0.1) is 12.3 Å². The number of carboxylic acids is 1. The van der Waals surface area contributed by atoms with Crippen molar-refractivity contribution in [3.63, 3.8) is 0 Å². The van der Waals surface area contributed by atoms with Gasteiger partial charge in [0.25, 0.3) is 0 Å². The second-order valence-corrected chi connectivity index (χ2v) is 2.94. The summed E-state index contributed by atoms with van der Waals surface area (Å²) in [4.78, 5) is 10.6. The third-order valence-electron chi connectivity index (χ3n) is 1.87. The summed E-state index contributed by atoms with van der Waals surface area (Å²) in [5.41, 5.74) is 0. The Hall–Kier alpha value is -0.970. The van der Waals surface area contributed by atoms with Gasteiger partial charge in [0.15, 0.2) is 0 Å². The molecule has 0 aliphatic carbocycles. The van der Waals surface area contributed by atoms with Crippen molar-refractivity contribution in [3.05, 3.63) is 0 Å². The van der Waals surface area contributed by atoms with E-state index in [-0.39, 0.29) is 5.92 Å². The molecule has 0 aromatic carbocycles. The fourth-order valence-electron chi connectivity index (χ4n) is 1.10. The average Bonchev–Trinajstić information content (AvgIpc) is 2.03. The Balaban J connectivity index is 3.65. The molecule has 12 heavy (non-hydrogen) atoms. The summed E-state index contributed by atoms with van der Waals surface area (Å²) < 4.78 is 0. The van der Waals surface area contributed by atoms with E-state index >= 15 is 0 Å². The number of rotatable bonds is 6. The summed E-state index contributed by atoms with van der Waals surface area (Å²) in [6.07, 6.45) is 9.31. The molecule has 2 nitrogen and oxygen atoms in total. The molecule has 2 heteroatoms. The van der Waals surface area contributed by atoms with Crippen molar-refractivity contribution in [1.29, 1.82) is 0 Å². The van der Waals surface area contributed by atoms with Crippen LogP contribution in [0.15, 0.2) is 0 Å². The van der Waals surface area contributed by atoms with Crippen molar-refractivity contribution in [3.8, 4) is 12.3 Å². The van der Waals surface area contributed by atoms with Gasteiger partial charge in [-0.3, -0.25) is 4.79 Å². The zero-order chi connectivity index (χ0) is 9.40. The SMILES string of the molecule is C#CCC(CCCCC)C(=O)O. The average molecular weight is 168 g/mol. The quantitative estimate of drug-likeness (QED) is 0.488. The van der Waals surface area contributed by atoms with Gasteiger partial charge in [0.2, 0.25) is 0 Å². The number of hydrogen-bond acceptors (Lipinski definition) is 1. The normalized spacial score (nSPS) is 12.0. The molecule has 1 unspecified atom stereocenters. The number of unbranched alkanes of at least 4 members (excludes halogenated alkanes) is 2. The van der Waals surface area contributed by atoms with E-state index in [0.29, 0.717) is 12.8 Å². The first-order chi connectivity index (χ1) is 5.72. The molecule has 0 aromatic rings. The van der Waals surface area contributed by atoms with Crippen molar-refractivity contribution in [2.75, 3.05) is 0 Å². The van der Waals surface area contributed by atoms with Crippen LogP contribution < -0.4 is 0 Å². The summed E-state index contributed by atoms with van der Waals surface area (Å²) in [6, 6.07) is 0. The molecule has 68 valence electrons. The Morgan fingerprint density at radius 2 is 2.25 bits per heavy atom. The van der Waals surface area contributed by atoms with Crippen molar-refractivity contribution >= 4 is 5.97 Å². The highest BCUT2D eigenvalue weighted by molar-refractivity contribution is 5.70. The molecule has 0 aromatic heterocycles. The minimum Gasteiger partial charge on any atom is -0.481 e. The first kappa shape index (κ1) is 11.0. The first-order valence-electron chi connectivity index (χ1n) is 4.38. The minimum absolute atomic E-state index is 0.332. The third kappa shape index (κ3) is 4.79. The van der Waals surface area contributed by atoms with Crippen molar-refractivity contribution < 1.29 is 9.90 Å². The van der Waals surface area contributed by atoms with E-state index in [0.717, 1.165) is 19.3 Å². The number of carboxylic acid groups (broad SMARTS) is 1. The smallest absolute Gasteiger partial charge is 0.307 e. The van der Waals surface area contributed by atoms with Gasteiger partial charge in [-0.05, 0) is 6.42 Å². The molecule has 1 N–H and O–H groups in total. The number of carbonyl (C=O) groups is 1. The molecule has 0 radical (unpaired) electrons. The van der Waals surface area contributed by atoms with Crippen molar-refractivity contribution in [1.82, 2.24) is 0 Å². The van der Waals surface area contributed by atoms with Crippen LogP contribution in [0.25, 0.3) is 0 Å². The lowest BCUT2D eigenvalue weighted by atomic mass is 9.98. The molecule has 0 rings (SSSR count). The Bertz CT molecular complexity index is 167. The summed E-state index contributed by atoms with van der Waals surface area (Å²) in [6.45, 7) is 2.09. The third-order valence-corrected chi connectivity index (χ3v) is 1.87. The van der Waals surface area contributed by atoms with Crippen LogP contribution in [0.5, 0.6) is 0 Å². The summed E-state index contributed by atoms with van der Waals surface area (Å²) in [5.74, 6) is 1.30. The van der Waals surface area contributed by atoms with Crippen LogP contribution in [0.1, 0.15) is 39.0 Å². The zero-order valence-electron chi connectivity index (χ0n) is 7.55. The number of aliphatic carboxylic acids is 1. The minimum atomic E-state index is -0.760. The zero-order valence-corrected chi connectivity index (χ0v) is 7.55. The maximum atomic E-state index is 10.6. The number of terminal acetylenes is 1. The van der Waals surface area contributed by atoms with Gasteiger partial charge in [0.1, 0.15) is 0 Å². The van der Waals surface area contributed by atoms with Crippen LogP contribution in [-0.2, 0) is 4.79 Å². The van der Waals surface area contributed by atoms with Gasteiger partial charge in [-0.25, -0.2) is 0 Å². The Kier molecular flexibility index (Phi) is 6.18. The predicted molar refractivity (Wildman–Crippen MR) is 48.7 cm³/mol. The second kappa shape index (κ2) is 6.72. The fraction of sp³-hybridized carbons (Fsp3) is 0.700. The van der Waals surface area contributed by atoms with Crippen LogP contribution in [-0.4, -0.2) is 11.1 Å². The second-order valence-electron chi connectivity index (χ2n) is 2.94. The lowest BCUT2D eigenvalue weighted by Crippen LogP contribution is -2.12. The highest BCUT2D eigenvalue weighted by Crippen LogP contribution is 2.13. The fourth-order valence-corrected chi connectivity index (χ4v) is 1.10. The molecule has 0 heterocycles. The Morgan fingerprint density at radius 3 is 2.67 bits per heavy atom. The van der Waals surface area contributed by atoms with E-state index in [2.05, 4.69) is 12.8 Å². The van der Waals surface area contributed by atoms with E-state index in [1.807, 2.05) is 0 Å². The van der Waals surface area contributed by atoms with E-state index in [1.165, 1.54) is 0 Å². The molecule has 0 aliphatic rings. The first-order valence-corrected chi connectivity index (χ1v) is 4.38. The highest BCUT2D eigenvalue weighted by Gasteiger charge is 2.14. The molecule has 1 atom stereocenters. The van der Waals surface area contributed by atoms with E-state index < -0.39 is 5.97 Å². The highest BCUT2D eigenvalue weighted by atomic mass is 16.4. The molecule has 0 aliphatic heterocycles. The summed E-state index contributed by atoms with van der Waals surface area (Å²) >= 11 is 0. The lowest BCUT2D eigenvalue weighted by Gasteiger charge is -2.07. The number of hydrogen-bond donors (Lipinski definition) is 1. The van der Waals surface area contributed by atoms with E-state index in [9.17, 15) is 4.79 Å². The molecule has 0 amide bonds. The van der Waals surface area contributed by atoms with Gasteiger partial charge in [0.05, 0.1) is 5.92 Å². The molecule has 0 saturated heterocycles. The van der Waals surface area contributed by atoms with Crippen LogP contribution >= 0.6 is 0 Å². The summed E-state index contributed by atoms with van der Waals surface area (Å²) in [7, 11) is 0. The maximum absolute atomic E-state index is 10.6. The molecule has 0 saturated carbocycles. The van der Waals surface area contributed by atoms with Crippen LogP contribution in [0, 0.1) is 18.3 Å². The van der Waals surface area contributed by atoms with Gasteiger partial charge in [0, 0.05) is 6.42 Å². The monoisotopic (exact) mass is 168 g/mol. The molecule has 0 bridgehead atoms. The van der Waals surface area contributed by atoms with Crippen molar-refractivity contribution in [2.24, 2.45) is 5.92 Å². The largest absolute Gasteiger partial charge is 0.481 e. The topological polar surface area (TPSA) is 37.3 Å². The van der Waals surface area contributed by atoms with Gasteiger partial charge in [-0.1, -0.05) is 26.2 Å². The molecular formula is C10H16O2. The predicted octanol–water partition coefficient (Wildman–Crippen LogP) is 2.29. The van der Waals surface area contributed by atoms with Gasteiger partial charge in [-0.2, -0.15) is 0 Å². The van der Waals surface area contributed by atoms with Crippen LogP contribution in [0.3, 0.4) is 0 Å². The Labute approximate surface area is 74.0 Å². The van der Waals surface area contributed by atoms with Crippen molar-refractivity contribution in [2.45, 2.75) is 39.0 Å². The van der Waals surface area contributed by atoms with Gasteiger partial charge >= 0.3 is 5.97 Å². The standard InChI is InChI=1S/C10H16O2/c1-3-5-6-8-9(7-4-2)10(11)12/h2,9H,3,5-8H2,1H3,(H,11,12). The molecule has 0 spiro atoms. The molecular weight excluding hydrogens is 152 g/mol. The van der Waals surface area contributed by atoms with Gasteiger partial charge < -0.3 is 5.11 Å². The lowest BCUT2D eigenvalue weighted by molar-refractivity contribution is -0.141.